The summed E-state index contributed by atoms with van der Waals surface area (Å²) in [6.45, 7) is 0. The molecule has 0 atom stereocenters. The van der Waals surface area contributed by atoms with Gasteiger partial charge in [-0.25, -0.2) is 0 Å². The minimum absolute atomic E-state index is 0.716. The van der Waals surface area contributed by atoms with Gasteiger partial charge in [-0.3, -0.25) is 0 Å². The van der Waals surface area contributed by atoms with Crippen molar-refractivity contribution in [2.75, 3.05) is 0 Å². The van der Waals surface area contributed by atoms with Crippen LogP contribution in [-0.2, 0) is 6.42 Å². The van der Waals surface area contributed by atoms with E-state index in [1.165, 1.54) is 28.5 Å². The monoisotopic (exact) mass is 292 g/mol. The Morgan fingerprint density at radius 2 is 1.82 bits per heavy atom. The Balaban J connectivity index is 1.72. The van der Waals surface area contributed by atoms with Crippen LogP contribution in [-0.4, -0.2) is 27.3 Å². The molecule has 5 nitrogen and oxygen atoms in total. The molecular formula is C16H13BN2O3. The van der Waals surface area contributed by atoms with Gasteiger partial charge in [0.05, 0.1) is 11.9 Å². The maximum Gasteiger partial charge on any atom is 0.729 e. The Morgan fingerprint density at radius 1 is 1.00 bits per heavy atom. The Labute approximate surface area is 127 Å². The first-order valence-corrected chi connectivity index (χ1v) is 7.01. The zero-order chi connectivity index (χ0) is 15.1. The van der Waals surface area contributed by atoms with Crippen LogP contribution >= 0.6 is 0 Å². The molecular weight excluding hydrogens is 279 g/mol. The van der Waals surface area contributed by atoms with E-state index in [-0.39, 0.29) is 0 Å². The van der Waals surface area contributed by atoms with Gasteiger partial charge in [0.25, 0.3) is 0 Å². The fraction of sp³-hybridized carbons (Fsp3) is 0.0625. The van der Waals surface area contributed by atoms with Gasteiger partial charge in [-0.05, 0) is 40.8 Å². The number of fused-ring (bicyclic) bond motifs is 3. The molecule has 108 valence electrons. The molecule has 2 N–H and O–H groups in total. The van der Waals surface area contributed by atoms with Crippen molar-refractivity contribution in [2.24, 2.45) is 0 Å². The average molecular weight is 292 g/mol. The Hall–Kier alpha value is -2.57. The van der Waals surface area contributed by atoms with Crippen LogP contribution in [0.5, 0.6) is 0 Å². The molecule has 0 spiro atoms. The van der Waals surface area contributed by atoms with Crippen LogP contribution in [0, 0.1) is 0 Å². The molecule has 0 saturated heterocycles. The van der Waals surface area contributed by atoms with Gasteiger partial charge in [0.15, 0.2) is 0 Å². The van der Waals surface area contributed by atoms with Crippen LogP contribution in [0.15, 0.2) is 54.7 Å². The van der Waals surface area contributed by atoms with Crippen molar-refractivity contribution in [1.82, 2.24) is 9.94 Å². The predicted octanol–water partition coefficient (Wildman–Crippen LogP) is 1.52. The number of aromatic nitrogens is 2. The first-order valence-electron chi connectivity index (χ1n) is 7.01. The maximum absolute atomic E-state index is 8.79. The van der Waals surface area contributed by atoms with E-state index in [9.17, 15) is 0 Å². The van der Waals surface area contributed by atoms with E-state index in [1.807, 2.05) is 12.1 Å². The second-order valence-electron chi connectivity index (χ2n) is 5.24. The van der Waals surface area contributed by atoms with E-state index in [2.05, 4.69) is 40.2 Å². The van der Waals surface area contributed by atoms with E-state index in [1.54, 1.807) is 6.07 Å². The highest BCUT2D eigenvalue weighted by Gasteiger charge is 2.19. The molecule has 1 aliphatic rings. The summed E-state index contributed by atoms with van der Waals surface area (Å²) in [4.78, 5) is 1.04. The molecule has 0 radical (unpaired) electrons. The molecule has 3 aromatic rings. The fourth-order valence-corrected chi connectivity index (χ4v) is 2.90. The van der Waals surface area contributed by atoms with Crippen molar-refractivity contribution in [2.45, 2.75) is 6.42 Å². The highest BCUT2D eigenvalue weighted by molar-refractivity contribution is 6.32. The van der Waals surface area contributed by atoms with Crippen molar-refractivity contribution in [3.8, 4) is 22.4 Å². The Kier molecular flexibility index (Phi) is 2.99. The lowest BCUT2D eigenvalue weighted by Gasteiger charge is -2.04. The lowest BCUT2D eigenvalue weighted by Crippen LogP contribution is -2.29. The van der Waals surface area contributed by atoms with Gasteiger partial charge in [-0.1, -0.05) is 36.4 Å². The summed E-state index contributed by atoms with van der Waals surface area (Å²) in [5.41, 5.74) is 6.82. The molecule has 22 heavy (non-hydrogen) atoms. The second-order valence-corrected chi connectivity index (χ2v) is 5.24. The van der Waals surface area contributed by atoms with Crippen LogP contribution in [0.4, 0.5) is 0 Å². The molecule has 0 saturated carbocycles. The fourth-order valence-electron chi connectivity index (χ4n) is 2.90. The standard InChI is InChI=1S/C16H13BN2O3/c20-17(21)22-19-8-7-16(18-19)13-6-5-12-9-11-3-1-2-4-14(11)15(12)10-13/h1-8,10,20-21H,9H2. The van der Waals surface area contributed by atoms with Crippen LogP contribution < -0.4 is 4.76 Å². The summed E-state index contributed by atoms with van der Waals surface area (Å²) in [5.74, 6) is 0. The molecule has 1 aliphatic carbocycles. The third-order valence-corrected chi connectivity index (χ3v) is 3.86. The first kappa shape index (κ1) is 13.1. The lowest BCUT2D eigenvalue weighted by molar-refractivity contribution is 0.141. The van der Waals surface area contributed by atoms with Gasteiger partial charge in [-0.2, -0.15) is 0 Å². The zero-order valence-corrected chi connectivity index (χ0v) is 11.7. The third-order valence-electron chi connectivity index (χ3n) is 3.86. The van der Waals surface area contributed by atoms with Crippen molar-refractivity contribution < 1.29 is 14.8 Å². The first-order chi connectivity index (χ1) is 10.7. The van der Waals surface area contributed by atoms with Crippen molar-refractivity contribution in [3.63, 3.8) is 0 Å². The van der Waals surface area contributed by atoms with Crippen LogP contribution in [0.25, 0.3) is 22.4 Å². The van der Waals surface area contributed by atoms with Gasteiger partial charge < -0.3 is 14.8 Å². The van der Waals surface area contributed by atoms with Gasteiger partial charge in [-0.15, -0.1) is 9.94 Å². The van der Waals surface area contributed by atoms with Gasteiger partial charge >= 0.3 is 7.32 Å². The third kappa shape index (κ3) is 2.18. The molecule has 0 unspecified atom stereocenters. The predicted molar refractivity (Wildman–Crippen MR) is 82.7 cm³/mol. The number of nitrogens with zero attached hydrogens (tertiary/aromatic N) is 2. The van der Waals surface area contributed by atoms with E-state index in [0.717, 1.165) is 16.8 Å². The molecule has 0 bridgehead atoms. The summed E-state index contributed by atoms with van der Waals surface area (Å²) in [6.07, 6.45) is 2.50. The molecule has 6 heteroatoms. The smallest absolute Gasteiger partial charge is 0.405 e. The van der Waals surface area contributed by atoms with Crippen LogP contribution in [0.1, 0.15) is 11.1 Å². The van der Waals surface area contributed by atoms with Crippen molar-refractivity contribution in [3.05, 3.63) is 65.9 Å². The number of hydrogen-bond acceptors (Lipinski definition) is 4. The van der Waals surface area contributed by atoms with Crippen molar-refractivity contribution in [1.29, 1.82) is 0 Å². The molecule has 1 heterocycles. The summed E-state index contributed by atoms with van der Waals surface area (Å²) >= 11 is 0. The van der Waals surface area contributed by atoms with E-state index in [4.69, 9.17) is 10.0 Å². The van der Waals surface area contributed by atoms with E-state index >= 15 is 0 Å². The van der Waals surface area contributed by atoms with Crippen LogP contribution in [0.2, 0.25) is 0 Å². The van der Waals surface area contributed by atoms with Gasteiger partial charge in [0.1, 0.15) is 0 Å². The lowest BCUT2D eigenvalue weighted by atomic mass is 10.0. The van der Waals surface area contributed by atoms with Gasteiger partial charge in [0.2, 0.25) is 0 Å². The van der Waals surface area contributed by atoms with E-state index < -0.39 is 7.32 Å². The minimum atomic E-state index is -1.89. The summed E-state index contributed by atoms with van der Waals surface area (Å²) < 4.78 is 4.68. The molecule has 0 aliphatic heterocycles. The largest absolute Gasteiger partial charge is 0.729 e. The number of hydrogen-bond donors (Lipinski definition) is 2. The molecule has 0 fully saturated rings. The second kappa shape index (κ2) is 5.01. The molecule has 0 amide bonds. The summed E-state index contributed by atoms with van der Waals surface area (Å²) in [5, 5.41) is 21.8. The quantitative estimate of drug-likeness (QED) is 0.562. The molecule has 4 rings (SSSR count). The molecule has 1 aromatic heterocycles. The normalized spacial score (nSPS) is 11.9. The summed E-state index contributed by atoms with van der Waals surface area (Å²) in [6, 6.07) is 16.4. The van der Waals surface area contributed by atoms with Crippen molar-refractivity contribution >= 4 is 7.32 Å². The SMILES string of the molecule is OB(O)On1ccc(-c2ccc3c(c2)-c2ccccc2C3)n1. The summed E-state index contributed by atoms with van der Waals surface area (Å²) in [7, 11) is -1.89. The Bertz CT molecular complexity index is 845. The zero-order valence-electron chi connectivity index (χ0n) is 11.7. The van der Waals surface area contributed by atoms with Gasteiger partial charge in [0, 0.05) is 5.56 Å². The maximum atomic E-state index is 8.79. The minimum Gasteiger partial charge on any atom is -0.405 e. The van der Waals surface area contributed by atoms with Crippen LogP contribution in [0.3, 0.4) is 0 Å². The Morgan fingerprint density at radius 3 is 2.68 bits per heavy atom. The topological polar surface area (TPSA) is 67.5 Å². The van der Waals surface area contributed by atoms with E-state index in [0.29, 0.717) is 5.69 Å². The number of benzene rings is 2. The highest BCUT2D eigenvalue weighted by atomic mass is 16.7. The number of rotatable bonds is 3. The highest BCUT2D eigenvalue weighted by Crippen LogP contribution is 2.38. The molecule has 2 aromatic carbocycles. The average Bonchev–Trinajstić information content (AvgIpc) is 3.10.